The van der Waals surface area contributed by atoms with Crippen LogP contribution in [0.4, 0.5) is 5.69 Å². The largest absolute Gasteiger partial charge is 0.355 e. The molecule has 1 aliphatic heterocycles. The van der Waals surface area contributed by atoms with Gasteiger partial charge in [0.2, 0.25) is 10.0 Å². The third kappa shape index (κ3) is 5.38. The fourth-order valence-corrected chi connectivity index (χ4v) is 5.60. The van der Waals surface area contributed by atoms with Gasteiger partial charge in [0.15, 0.2) is 0 Å². The molecule has 2 amide bonds. The highest BCUT2D eigenvalue weighted by Crippen LogP contribution is 2.28. The van der Waals surface area contributed by atoms with Crippen LogP contribution >= 0.6 is 23.2 Å². The molecule has 0 unspecified atom stereocenters. The molecule has 0 radical (unpaired) electrons. The van der Waals surface area contributed by atoms with E-state index in [-0.39, 0.29) is 26.1 Å². The van der Waals surface area contributed by atoms with Gasteiger partial charge in [0.05, 0.1) is 15.6 Å². The number of carbonyl (C=O) groups excluding carboxylic acids is 2. The quantitative estimate of drug-likeness (QED) is 0.666. The number of halogens is 2. The Balaban J connectivity index is 1.87. The molecule has 1 saturated heterocycles. The van der Waals surface area contributed by atoms with E-state index in [0.29, 0.717) is 18.8 Å². The number of sulfonamides is 1. The lowest BCUT2D eigenvalue weighted by atomic mass is 10.1. The molecule has 1 fully saturated rings. The predicted octanol–water partition coefficient (Wildman–Crippen LogP) is 4.17. The highest BCUT2D eigenvalue weighted by molar-refractivity contribution is 7.89. The van der Waals surface area contributed by atoms with Gasteiger partial charge in [0.25, 0.3) is 11.8 Å². The average Bonchev–Trinajstić information content (AvgIpc) is 3.05. The van der Waals surface area contributed by atoms with Crippen LogP contribution in [0.25, 0.3) is 0 Å². The van der Waals surface area contributed by atoms with Gasteiger partial charge in [-0.1, -0.05) is 36.0 Å². The molecule has 0 bridgehead atoms. The van der Waals surface area contributed by atoms with E-state index in [4.69, 9.17) is 23.2 Å². The molecule has 3 rings (SSSR count). The normalized spacial score (nSPS) is 15.2. The minimum atomic E-state index is -3.82. The zero-order valence-electron chi connectivity index (χ0n) is 17.0. The van der Waals surface area contributed by atoms with Crippen LogP contribution in [0.2, 0.25) is 10.0 Å². The highest BCUT2D eigenvalue weighted by Gasteiger charge is 2.28. The van der Waals surface area contributed by atoms with Crippen molar-refractivity contribution in [1.82, 2.24) is 9.62 Å². The van der Waals surface area contributed by atoms with Crippen LogP contribution in [0.5, 0.6) is 0 Å². The Morgan fingerprint density at radius 1 is 0.903 bits per heavy atom. The molecule has 31 heavy (non-hydrogen) atoms. The Labute approximate surface area is 191 Å². The second kappa shape index (κ2) is 9.99. The van der Waals surface area contributed by atoms with Crippen molar-refractivity contribution >= 4 is 50.7 Å². The number of nitrogens with zero attached hydrogens (tertiary/aromatic N) is 1. The van der Waals surface area contributed by atoms with Crippen LogP contribution in [0.1, 0.15) is 46.4 Å². The molecular weight excluding hydrogens is 461 g/mol. The van der Waals surface area contributed by atoms with Crippen molar-refractivity contribution in [2.75, 3.05) is 25.5 Å². The van der Waals surface area contributed by atoms with Crippen molar-refractivity contribution in [2.45, 2.75) is 30.6 Å². The SMILES string of the molecule is CNC(=O)c1cc(NC(=O)c2ccc(Cl)c(S(=O)(=O)N3CCCCCC3)c2)ccc1Cl. The summed E-state index contributed by atoms with van der Waals surface area (Å²) < 4.78 is 27.7. The summed E-state index contributed by atoms with van der Waals surface area (Å²) in [6.07, 6.45) is 3.56. The smallest absolute Gasteiger partial charge is 0.255 e. The highest BCUT2D eigenvalue weighted by atomic mass is 35.5. The molecule has 7 nitrogen and oxygen atoms in total. The molecule has 1 aliphatic rings. The van der Waals surface area contributed by atoms with E-state index in [1.165, 1.54) is 41.7 Å². The Bertz CT molecular complexity index is 1100. The van der Waals surface area contributed by atoms with Gasteiger partial charge in [-0.15, -0.1) is 0 Å². The fourth-order valence-electron chi connectivity index (χ4n) is 3.38. The first-order chi connectivity index (χ1) is 14.7. The molecule has 10 heteroatoms. The lowest BCUT2D eigenvalue weighted by molar-refractivity contribution is 0.0961. The second-order valence-corrected chi connectivity index (χ2v) is 9.91. The number of nitrogens with one attached hydrogen (secondary N) is 2. The molecular formula is C21H23Cl2N3O4S. The lowest BCUT2D eigenvalue weighted by Crippen LogP contribution is -2.32. The zero-order valence-corrected chi connectivity index (χ0v) is 19.3. The van der Waals surface area contributed by atoms with Gasteiger partial charge in [0.1, 0.15) is 4.90 Å². The molecule has 166 valence electrons. The zero-order chi connectivity index (χ0) is 22.6. The number of benzene rings is 2. The Morgan fingerprint density at radius 3 is 2.19 bits per heavy atom. The lowest BCUT2D eigenvalue weighted by Gasteiger charge is -2.21. The molecule has 2 aromatic carbocycles. The van der Waals surface area contributed by atoms with Crippen LogP contribution in [0.15, 0.2) is 41.3 Å². The minimum Gasteiger partial charge on any atom is -0.355 e. The van der Waals surface area contributed by atoms with Gasteiger partial charge in [-0.05, 0) is 49.2 Å². The maximum atomic E-state index is 13.1. The molecule has 0 saturated carbocycles. The maximum Gasteiger partial charge on any atom is 0.255 e. The number of hydrogen-bond acceptors (Lipinski definition) is 4. The summed E-state index contributed by atoms with van der Waals surface area (Å²) in [6, 6.07) is 8.64. The number of carbonyl (C=O) groups is 2. The summed E-state index contributed by atoms with van der Waals surface area (Å²) in [7, 11) is -2.34. The monoisotopic (exact) mass is 483 g/mol. The molecule has 2 N–H and O–H groups in total. The molecule has 0 aliphatic carbocycles. The van der Waals surface area contributed by atoms with Crippen molar-refractivity contribution < 1.29 is 18.0 Å². The Morgan fingerprint density at radius 2 is 1.55 bits per heavy atom. The summed E-state index contributed by atoms with van der Waals surface area (Å²) in [4.78, 5) is 24.6. The van der Waals surface area contributed by atoms with E-state index < -0.39 is 21.8 Å². The van der Waals surface area contributed by atoms with Crippen molar-refractivity contribution in [3.8, 4) is 0 Å². The molecule has 0 atom stereocenters. The van der Waals surface area contributed by atoms with Gasteiger partial charge in [0, 0.05) is 31.4 Å². The van der Waals surface area contributed by atoms with E-state index in [1.807, 2.05) is 0 Å². The van der Waals surface area contributed by atoms with Crippen molar-refractivity contribution in [1.29, 1.82) is 0 Å². The van der Waals surface area contributed by atoms with Gasteiger partial charge >= 0.3 is 0 Å². The van der Waals surface area contributed by atoms with Crippen LogP contribution in [-0.4, -0.2) is 44.7 Å². The predicted molar refractivity (Wildman–Crippen MR) is 121 cm³/mol. The van der Waals surface area contributed by atoms with Crippen LogP contribution in [0, 0.1) is 0 Å². The second-order valence-electron chi connectivity index (χ2n) is 7.19. The Kier molecular flexibility index (Phi) is 7.59. The van der Waals surface area contributed by atoms with E-state index in [1.54, 1.807) is 6.07 Å². The van der Waals surface area contributed by atoms with E-state index in [0.717, 1.165) is 25.7 Å². The Hall–Kier alpha value is -2.13. The summed E-state index contributed by atoms with van der Waals surface area (Å²) in [5, 5.41) is 5.45. The van der Waals surface area contributed by atoms with Crippen LogP contribution in [0.3, 0.4) is 0 Å². The van der Waals surface area contributed by atoms with Crippen LogP contribution in [-0.2, 0) is 10.0 Å². The maximum absolute atomic E-state index is 13.1. The summed E-state index contributed by atoms with van der Waals surface area (Å²) >= 11 is 12.2. The number of anilines is 1. The first-order valence-corrected chi connectivity index (χ1v) is 12.1. The van der Waals surface area contributed by atoms with Crippen molar-refractivity contribution in [3.63, 3.8) is 0 Å². The van der Waals surface area contributed by atoms with E-state index in [9.17, 15) is 18.0 Å². The van der Waals surface area contributed by atoms with Gasteiger partial charge < -0.3 is 10.6 Å². The van der Waals surface area contributed by atoms with Crippen molar-refractivity contribution in [3.05, 3.63) is 57.6 Å². The number of amides is 2. The molecule has 0 spiro atoms. The van der Waals surface area contributed by atoms with E-state index >= 15 is 0 Å². The standard InChI is InChI=1S/C21H23Cl2N3O4S/c1-24-21(28)16-13-15(7-9-17(16)22)25-20(27)14-6-8-18(23)19(12-14)31(29,30)26-10-4-2-3-5-11-26/h6-9,12-13H,2-5,10-11H2,1H3,(H,24,28)(H,25,27). The molecule has 2 aromatic rings. The minimum absolute atomic E-state index is 0.0641. The first-order valence-electron chi connectivity index (χ1n) is 9.86. The third-order valence-corrected chi connectivity index (χ3v) is 7.78. The topological polar surface area (TPSA) is 95.6 Å². The van der Waals surface area contributed by atoms with E-state index in [2.05, 4.69) is 10.6 Å². The van der Waals surface area contributed by atoms with Gasteiger partial charge in [-0.25, -0.2) is 8.42 Å². The van der Waals surface area contributed by atoms with Gasteiger partial charge in [-0.2, -0.15) is 4.31 Å². The van der Waals surface area contributed by atoms with Crippen LogP contribution < -0.4 is 10.6 Å². The summed E-state index contributed by atoms with van der Waals surface area (Å²) in [6.45, 7) is 0.865. The molecule has 0 aromatic heterocycles. The fraction of sp³-hybridized carbons (Fsp3) is 0.333. The third-order valence-electron chi connectivity index (χ3n) is 5.07. The number of hydrogen-bond donors (Lipinski definition) is 2. The number of rotatable bonds is 5. The molecule has 1 heterocycles. The summed E-state index contributed by atoms with van der Waals surface area (Å²) in [5.74, 6) is -0.924. The summed E-state index contributed by atoms with van der Waals surface area (Å²) in [5.41, 5.74) is 0.691. The average molecular weight is 484 g/mol. The first kappa shape index (κ1) is 23.5. The van der Waals surface area contributed by atoms with Crippen molar-refractivity contribution in [2.24, 2.45) is 0 Å². The van der Waals surface area contributed by atoms with Gasteiger partial charge in [-0.3, -0.25) is 9.59 Å².